The standard InChI is InChI=1S/C15H25Si.Ti/c1-5-16(3,4)11-15-12(2)10-13-8-6-7-9-14(13)15;/h10H,5-9,11H2,1-4H3;. The molecule has 0 fully saturated rings. The fraction of sp³-hybridized carbons (Fsp3) is 0.733. The van der Waals surface area contributed by atoms with Gasteiger partial charge >= 0.3 is 120 Å². The second-order valence-corrected chi connectivity index (χ2v) is 13.4. The van der Waals surface area contributed by atoms with Gasteiger partial charge in [-0.15, -0.1) is 0 Å². The fourth-order valence-corrected chi connectivity index (χ4v) is 8.27. The molecule has 0 aromatic heterocycles. The molecule has 0 aliphatic heterocycles. The van der Waals surface area contributed by atoms with Gasteiger partial charge in [0.15, 0.2) is 0 Å². The molecule has 0 heterocycles. The fourth-order valence-electron chi connectivity index (χ4n) is 3.29. The molecule has 0 radical (unpaired) electrons. The summed E-state index contributed by atoms with van der Waals surface area (Å²) in [5, 5.41) is 0. The summed E-state index contributed by atoms with van der Waals surface area (Å²) in [4.78, 5) is 0. The first-order chi connectivity index (χ1) is 7.89. The summed E-state index contributed by atoms with van der Waals surface area (Å²) in [5.74, 6) is 0. The summed E-state index contributed by atoms with van der Waals surface area (Å²) in [6, 6.07) is 2.87. The van der Waals surface area contributed by atoms with Crippen LogP contribution in [-0.2, 0) is 20.4 Å². The van der Waals surface area contributed by atoms with Crippen LogP contribution in [0.5, 0.6) is 0 Å². The summed E-state index contributed by atoms with van der Waals surface area (Å²) >= 11 is 2.52. The third-order valence-electron chi connectivity index (χ3n) is 4.79. The van der Waals surface area contributed by atoms with E-state index in [4.69, 9.17) is 0 Å². The van der Waals surface area contributed by atoms with Crippen LogP contribution in [0, 0.1) is 0 Å². The zero-order valence-electron chi connectivity index (χ0n) is 11.8. The molecule has 0 aromatic carbocycles. The van der Waals surface area contributed by atoms with Gasteiger partial charge in [0, 0.05) is 0 Å². The first kappa shape index (κ1) is 13.8. The van der Waals surface area contributed by atoms with E-state index in [2.05, 4.69) is 53.5 Å². The third-order valence-corrected chi connectivity index (χ3v) is 10.1. The quantitative estimate of drug-likeness (QED) is 0.620. The van der Waals surface area contributed by atoms with Crippen LogP contribution in [0.1, 0.15) is 39.5 Å². The first-order valence-corrected chi connectivity index (χ1v) is 11.2. The van der Waals surface area contributed by atoms with E-state index in [9.17, 15) is 0 Å². The molecule has 2 aliphatic rings. The van der Waals surface area contributed by atoms with Crippen LogP contribution in [0.15, 0.2) is 22.8 Å². The summed E-state index contributed by atoms with van der Waals surface area (Å²) in [5.41, 5.74) is 5.17. The molecule has 0 amide bonds. The van der Waals surface area contributed by atoms with Crippen molar-refractivity contribution in [3.05, 3.63) is 22.8 Å². The Hall–Kier alpha value is 0.411. The van der Waals surface area contributed by atoms with Crippen molar-refractivity contribution >= 4 is 8.07 Å². The van der Waals surface area contributed by atoms with Crippen LogP contribution in [0.2, 0.25) is 28.9 Å². The average molecular weight is 281 g/mol. The Kier molecular flexibility index (Phi) is 3.93. The molecular weight excluding hydrogens is 256 g/mol. The molecule has 0 saturated heterocycles. The third kappa shape index (κ3) is 2.57. The molecule has 1 unspecified atom stereocenters. The van der Waals surface area contributed by atoms with Gasteiger partial charge < -0.3 is 0 Å². The van der Waals surface area contributed by atoms with E-state index >= 15 is 0 Å². The van der Waals surface area contributed by atoms with Crippen LogP contribution < -0.4 is 0 Å². The number of allylic oxidation sites excluding steroid dienone is 4. The van der Waals surface area contributed by atoms with Crippen LogP contribution in [-0.4, -0.2) is 8.07 Å². The summed E-state index contributed by atoms with van der Waals surface area (Å²) < 4.78 is 0.432. The molecule has 0 nitrogen and oxygen atoms in total. The first-order valence-electron chi connectivity index (χ1n) is 7.05. The van der Waals surface area contributed by atoms with E-state index in [1.807, 2.05) is 5.57 Å². The van der Waals surface area contributed by atoms with E-state index < -0.39 is 8.07 Å². The molecule has 0 saturated carbocycles. The van der Waals surface area contributed by atoms with E-state index in [0.717, 1.165) is 0 Å². The zero-order chi connectivity index (χ0) is 12.7. The van der Waals surface area contributed by atoms with Gasteiger partial charge in [0.1, 0.15) is 0 Å². The molecular formula is C15H25SiTi. The van der Waals surface area contributed by atoms with Crippen LogP contribution >= 0.6 is 0 Å². The van der Waals surface area contributed by atoms with Crippen molar-refractivity contribution in [2.24, 2.45) is 0 Å². The Morgan fingerprint density at radius 1 is 1.29 bits per heavy atom. The van der Waals surface area contributed by atoms with Crippen molar-refractivity contribution in [3.63, 3.8) is 0 Å². The van der Waals surface area contributed by atoms with Crippen molar-refractivity contribution in [1.82, 2.24) is 0 Å². The second-order valence-electron chi connectivity index (χ2n) is 6.64. The SMILES string of the molecule is CC[Si](C)(C)C[C]1([Ti])C(C)=CC2=C1CCCC2. The normalized spacial score (nSPS) is 29.2. The topological polar surface area (TPSA) is 0 Å². The number of hydrogen-bond acceptors (Lipinski definition) is 0. The van der Waals surface area contributed by atoms with Crippen LogP contribution in [0.25, 0.3) is 0 Å². The average Bonchev–Trinajstić information content (AvgIpc) is 2.51. The monoisotopic (exact) mass is 281 g/mol. The van der Waals surface area contributed by atoms with Gasteiger partial charge in [-0.25, -0.2) is 0 Å². The van der Waals surface area contributed by atoms with Crippen molar-refractivity contribution in [2.45, 2.75) is 68.4 Å². The summed E-state index contributed by atoms with van der Waals surface area (Å²) in [6.07, 6.45) is 8.07. The molecule has 0 spiro atoms. The molecule has 93 valence electrons. The predicted octanol–water partition coefficient (Wildman–Crippen LogP) is 5.25. The molecule has 0 N–H and O–H groups in total. The molecule has 0 bridgehead atoms. The molecule has 17 heavy (non-hydrogen) atoms. The van der Waals surface area contributed by atoms with Gasteiger partial charge in [0.25, 0.3) is 0 Å². The van der Waals surface area contributed by atoms with Crippen molar-refractivity contribution < 1.29 is 20.4 Å². The van der Waals surface area contributed by atoms with E-state index in [1.54, 1.807) is 11.1 Å². The van der Waals surface area contributed by atoms with Gasteiger partial charge in [-0.3, -0.25) is 0 Å². The second kappa shape index (κ2) is 4.83. The number of hydrogen-bond donors (Lipinski definition) is 0. The van der Waals surface area contributed by atoms with Gasteiger partial charge in [-0.2, -0.15) is 0 Å². The van der Waals surface area contributed by atoms with Gasteiger partial charge in [-0.05, 0) is 0 Å². The van der Waals surface area contributed by atoms with Gasteiger partial charge in [0.2, 0.25) is 0 Å². The molecule has 2 rings (SSSR count). The van der Waals surface area contributed by atoms with E-state index in [-0.39, 0.29) is 0 Å². The molecule has 1 atom stereocenters. The summed E-state index contributed by atoms with van der Waals surface area (Å²) in [7, 11) is -1.01. The van der Waals surface area contributed by atoms with Gasteiger partial charge in [-0.1, -0.05) is 0 Å². The zero-order valence-corrected chi connectivity index (χ0v) is 14.4. The molecule has 2 aliphatic carbocycles. The van der Waals surface area contributed by atoms with Crippen molar-refractivity contribution in [3.8, 4) is 0 Å². The Bertz CT molecular complexity index is 378. The summed E-state index contributed by atoms with van der Waals surface area (Å²) in [6.45, 7) is 9.89. The maximum absolute atomic E-state index is 2.56. The van der Waals surface area contributed by atoms with E-state index in [1.165, 1.54) is 37.8 Å². The maximum atomic E-state index is 2.56. The van der Waals surface area contributed by atoms with E-state index in [0.29, 0.717) is 3.72 Å². The molecule has 0 aromatic rings. The minimum atomic E-state index is -1.01. The molecule has 2 heteroatoms. The van der Waals surface area contributed by atoms with Crippen molar-refractivity contribution in [2.75, 3.05) is 0 Å². The van der Waals surface area contributed by atoms with Crippen LogP contribution in [0.4, 0.5) is 0 Å². The Morgan fingerprint density at radius 2 is 1.94 bits per heavy atom. The predicted molar refractivity (Wildman–Crippen MR) is 74.7 cm³/mol. The minimum absolute atomic E-state index is 0.432. The Labute approximate surface area is 119 Å². The van der Waals surface area contributed by atoms with Crippen LogP contribution in [0.3, 0.4) is 0 Å². The van der Waals surface area contributed by atoms with Gasteiger partial charge in [0.05, 0.1) is 0 Å². The van der Waals surface area contributed by atoms with Crippen molar-refractivity contribution in [1.29, 1.82) is 0 Å². The number of rotatable bonds is 3. The Balaban J connectivity index is 2.30. The Morgan fingerprint density at radius 3 is 2.59 bits per heavy atom.